The van der Waals surface area contributed by atoms with Crippen molar-refractivity contribution >= 4 is 55.4 Å². The van der Waals surface area contributed by atoms with Crippen LogP contribution in [0.15, 0.2) is 57.5 Å². The predicted molar refractivity (Wildman–Crippen MR) is 119 cm³/mol. The summed E-state index contributed by atoms with van der Waals surface area (Å²) in [6.07, 6.45) is 0. The number of likely N-dealkylation sites (N-methyl/N-ethyl adjacent to an activating group) is 1. The Morgan fingerprint density at radius 2 is 1.78 bits per heavy atom. The Balaban J connectivity index is 2.03. The molecule has 1 N–H and O–H groups in total. The molecule has 7 heteroatoms. The van der Waals surface area contributed by atoms with Crippen molar-refractivity contribution in [2.24, 2.45) is 0 Å². The van der Waals surface area contributed by atoms with Crippen LogP contribution in [-0.2, 0) is 21.9 Å². The van der Waals surface area contributed by atoms with E-state index in [1.165, 1.54) is 0 Å². The first-order valence-electron chi connectivity index (χ1n) is 8.48. The van der Waals surface area contributed by atoms with Crippen LogP contribution in [0.1, 0.15) is 18.1 Å². The smallest absolute Gasteiger partial charge is 0.242 e. The predicted octanol–water partition coefficient (Wildman–Crippen LogP) is 4.61. The van der Waals surface area contributed by atoms with Crippen LogP contribution in [0, 0.1) is 0 Å². The fourth-order valence-electron chi connectivity index (χ4n) is 2.54. The quantitative estimate of drug-likeness (QED) is 0.560. The zero-order chi connectivity index (χ0) is 19.8. The second-order valence-electron chi connectivity index (χ2n) is 6.06. The minimum atomic E-state index is -0.533. The van der Waals surface area contributed by atoms with Gasteiger partial charge in [-0.3, -0.25) is 9.59 Å². The highest BCUT2D eigenvalue weighted by atomic mass is 79.9. The lowest BCUT2D eigenvalue weighted by Gasteiger charge is -2.28. The van der Waals surface area contributed by atoms with E-state index in [1.807, 2.05) is 48.5 Å². The van der Waals surface area contributed by atoms with Crippen LogP contribution in [0.25, 0.3) is 0 Å². The molecule has 0 bridgehead atoms. The van der Waals surface area contributed by atoms with Crippen LogP contribution < -0.4 is 5.32 Å². The van der Waals surface area contributed by atoms with Crippen molar-refractivity contribution in [1.29, 1.82) is 0 Å². The van der Waals surface area contributed by atoms with Crippen molar-refractivity contribution in [2.75, 3.05) is 12.8 Å². The maximum absolute atomic E-state index is 12.8. The third-order valence-electron chi connectivity index (χ3n) is 4.06. The highest BCUT2D eigenvalue weighted by Gasteiger charge is 2.25. The summed E-state index contributed by atoms with van der Waals surface area (Å²) in [6.45, 7) is 2.15. The Bertz CT molecular complexity index is 784. The summed E-state index contributed by atoms with van der Waals surface area (Å²) < 4.78 is 1.98. The van der Waals surface area contributed by atoms with Gasteiger partial charge in [-0.25, -0.2) is 0 Å². The monoisotopic (exact) mass is 512 g/mol. The van der Waals surface area contributed by atoms with Crippen molar-refractivity contribution < 1.29 is 9.59 Å². The molecule has 0 aliphatic carbocycles. The number of hydrogen-bond acceptors (Lipinski definition) is 3. The maximum Gasteiger partial charge on any atom is 0.242 e. The van der Waals surface area contributed by atoms with Gasteiger partial charge in [0.25, 0.3) is 0 Å². The fourth-order valence-corrected chi connectivity index (χ4v) is 4.12. The SMILES string of the molecule is CNC(=O)C(C)N(Cc1cccc(Br)c1)C(=O)CSCc1ccc(Br)cc1. The molecule has 2 amide bonds. The van der Waals surface area contributed by atoms with Crippen LogP contribution in [0.3, 0.4) is 0 Å². The first-order valence-corrected chi connectivity index (χ1v) is 11.2. The van der Waals surface area contributed by atoms with Gasteiger partial charge in [0.2, 0.25) is 11.8 Å². The molecule has 4 nitrogen and oxygen atoms in total. The highest BCUT2D eigenvalue weighted by Crippen LogP contribution is 2.19. The molecule has 0 heterocycles. The molecular weight excluding hydrogens is 492 g/mol. The molecular formula is C20H22Br2N2O2S. The van der Waals surface area contributed by atoms with E-state index in [2.05, 4.69) is 37.2 Å². The summed E-state index contributed by atoms with van der Waals surface area (Å²) in [4.78, 5) is 26.6. The number of rotatable bonds is 8. The number of nitrogens with one attached hydrogen (secondary N) is 1. The number of halogens is 2. The largest absolute Gasteiger partial charge is 0.357 e. The van der Waals surface area contributed by atoms with E-state index in [0.717, 1.165) is 25.8 Å². The molecule has 0 saturated heterocycles. The molecule has 1 unspecified atom stereocenters. The molecule has 2 aromatic carbocycles. The molecule has 2 rings (SSSR count). The zero-order valence-electron chi connectivity index (χ0n) is 15.2. The van der Waals surface area contributed by atoms with Crippen LogP contribution in [-0.4, -0.2) is 35.6 Å². The Morgan fingerprint density at radius 3 is 2.41 bits per heavy atom. The van der Waals surface area contributed by atoms with Crippen molar-refractivity contribution in [2.45, 2.75) is 25.3 Å². The summed E-state index contributed by atoms with van der Waals surface area (Å²) in [5.41, 5.74) is 2.14. The lowest BCUT2D eigenvalue weighted by molar-refractivity contribution is -0.138. The molecule has 144 valence electrons. The van der Waals surface area contributed by atoms with E-state index in [1.54, 1.807) is 30.6 Å². The van der Waals surface area contributed by atoms with Crippen LogP contribution in [0.5, 0.6) is 0 Å². The van der Waals surface area contributed by atoms with Gasteiger partial charge in [-0.2, -0.15) is 0 Å². The van der Waals surface area contributed by atoms with Gasteiger partial charge in [0.1, 0.15) is 6.04 Å². The van der Waals surface area contributed by atoms with Crippen LogP contribution in [0.4, 0.5) is 0 Å². The second-order valence-corrected chi connectivity index (χ2v) is 8.88. The first kappa shape index (κ1) is 22.0. The van der Waals surface area contributed by atoms with Gasteiger partial charge in [0.05, 0.1) is 5.75 Å². The lowest BCUT2D eigenvalue weighted by Crippen LogP contribution is -2.47. The van der Waals surface area contributed by atoms with Crippen molar-refractivity contribution in [3.63, 3.8) is 0 Å². The fraction of sp³-hybridized carbons (Fsp3) is 0.300. The number of carbonyl (C=O) groups excluding carboxylic acids is 2. The van der Waals surface area contributed by atoms with Crippen LogP contribution >= 0.6 is 43.6 Å². The van der Waals surface area contributed by atoms with Gasteiger partial charge in [-0.1, -0.05) is 56.1 Å². The average molecular weight is 514 g/mol. The Morgan fingerprint density at radius 1 is 1.07 bits per heavy atom. The Kier molecular flexibility index (Phi) is 8.86. The van der Waals surface area contributed by atoms with E-state index in [9.17, 15) is 9.59 Å². The number of amides is 2. The summed E-state index contributed by atoms with van der Waals surface area (Å²) in [5, 5.41) is 2.63. The normalized spacial score (nSPS) is 11.7. The van der Waals surface area contributed by atoms with Crippen LogP contribution in [0.2, 0.25) is 0 Å². The molecule has 0 aliphatic heterocycles. The molecule has 2 aromatic rings. The van der Waals surface area contributed by atoms with Gasteiger partial charge >= 0.3 is 0 Å². The van der Waals surface area contributed by atoms with Gasteiger partial charge in [-0.05, 0) is 42.3 Å². The van der Waals surface area contributed by atoms with Gasteiger partial charge < -0.3 is 10.2 Å². The van der Waals surface area contributed by atoms with E-state index < -0.39 is 6.04 Å². The third kappa shape index (κ3) is 6.97. The summed E-state index contributed by atoms with van der Waals surface area (Å²) in [7, 11) is 1.59. The summed E-state index contributed by atoms with van der Waals surface area (Å²) >= 11 is 8.42. The van der Waals surface area contributed by atoms with E-state index >= 15 is 0 Å². The third-order valence-corrected chi connectivity index (χ3v) is 6.07. The van der Waals surface area contributed by atoms with Gasteiger partial charge in [0.15, 0.2) is 0 Å². The summed E-state index contributed by atoms with van der Waals surface area (Å²) in [5.74, 6) is 0.855. The molecule has 1 atom stereocenters. The Hall–Kier alpha value is -1.31. The minimum Gasteiger partial charge on any atom is -0.357 e. The number of carbonyl (C=O) groups is 2. The van der Waals surface area contributed by atoms with Gasteiger partial charge in [-0.15, -0.1) is 11.8 Å². The number of nitrogens with zero attached hydrogens (tertiary/aromatic N) is 1. The molecule has 0 fully saturated rings. The number of hydrogen-bond donors (Lipinski definition) is 1. The van der Waals surface area contributed by atoms with E-state index in [4.69, 9.17) is 0 Å². The topological polar surface area (TPSA) is 49.4 Å². The molecule has 0 aliphatic rings. The van der Waals surface area contributed by atoms with E-state index in [0.29, 0.717) is 12.3 Å². The molecule has 0 spiro atoms. The summed E-state index contributed by atoms with van der Waals surface area (Å²) in [6, 6.07) is 15.3. The Labute approximate surface area is 181 Å². The lowest BCUT2D eigenvalue weighted by atomic mass is 10.1. The van der Waals surface area contributed by atoms with Crippen molar-refractivity contribution in [3.8, 4) is 0 Å². The molecule has 0 saturated carbocycles. The molecule has 27 heavy (non-hydrogen) atoms. The standard InChI is InChI=1S/C20H22Br2N2O2S/c1-14(20(26)23-2)24(11-16-4-3-5-18(22)10-16)19(25)13-27-12-15-6-8-17(21)9-7-15/h3-10,14H,11-13H2,1-2H3,(H,23,26). The van der Waals surface area contributed by atoms with Crippen molar-refractivity contribution in [1.82, 2.24) is 10.2 Å². The number of thioether (sulfide) groups is 1. The first-order chi connectivity index (χ1) is 12.9. The van der Waals surface area contributed by atoms with E-state index in [-0.39, 0.29) is 11.8 Å². The number of benzene rings is 2. The molecule has 0 radical (unpaired) electrons. The molecule has 0 aromatic heterocycles. The zero-order valence-corrected chi connectivity index (χ0v) is 19.2. The van der Waals surface area contributed by atoms with Gasteiger partial charge in [0, 0.05) is 28.3 Å². The highest BCUT2D eigenvalue weighted by molar-refractivity contribution is 9.10. The maximum atomic E-state index is 12.8. The minimum absolute atomic E-state index is 0.0480. The van der Waals surface area contributed by atoms with Crippen molar-refractivity contribution in [3.05, 3.63) is 68.6 Å². The average Bonchev–Trinajstić information content (AvgIpc) is 2.66. The second kappa shape index (κ2) is 10.9.